The van der Waals surface area contributed by atoms with Gasteiger partial charge in [-0.25, -0.2) is 0 Å². The Morgan fingerprint density at radius 1 is 0.792 bits per heavy atom. The molecule has 0 fully saturated rings. The van der Waals surface area contributed by atoms with Gasteiger partial charge in [-0.2, -0.15) is 0 Å². The predicted octanol–water partition coefficient (Wildman–Crippen LogP) is 8.62. The zero-order valence-corrected chi connectivity index (χ0v) is 19.4. The van der Waals surface area contributed by atoms with Crippen molar-refractivity contribution in [2.24, 2.45) is 0 Å². The molecule has 0 saturated heterocycles. The summed E-state index contributed by atoms with van der Waals surface area (Å²) in [6.07, 6.45) is 9.31. The summed E-state index contributed by atoms with van der Waals surface area (Å²) in [4.78, 5) is 0. The molecule has 0 atom stereocenters. The first-order valence-corrected chi connectivity index (χ1v) is 11.5. The lowest BCUT2D eigenvalue weighted by Crippen LogP contribution is -2.16. The lowest BCUT2D eigenvalue weighted by molar-refractivity contribution is 0.563. The number of halogens is 3. The van der Waals surface area contributed by atoms with Crippen LogP contribution in [-0.2, 0) is 3.42 Å². The second kappa shape index (κ2) is 8.22. The number of rotatable bonds is 7. The summed E-state index contributed by atoms with van der Waals surface area (Å²) in [5, 5.41) is 0. The van der Waals surface area contributed by atoms with Gasteiger partial charge in [0.25, 0.3) is 0 Å². The number of hydrogen-bond donors (Lipinski definition) is 0. The number of fused-ring (bicyclic) bond motifs is 3. The molecule has 0 nitrogen and oxygen atoms in total. The molecule has 0 heterocycles. The summed E-state index contributed by atoms with van der Waals surface area (Å²) in [5.41, 5.74) is 5.75. The summed E-state index contributed by atoms with van der Waals surface area (Å²) in [5.74, 6) is 0. The summed E-state index contributed by atoms with van der Waals surface area (Å²) in [6, 6.07) is 13.5. The first-order chi connectivity index (χ1) is 11.6. The molecule has 0 aromatic heterocycles. The third-order valence-electron chi connectivity index (χ3n) is 4.98. The number of benzene rings is 2. The normalized spacial score (nSPS) is 14.5. The van der Waals surface area contributed by atoms with Gasteiger partial charge >= 0.3 is 0 Å². The van der Waals surface area contributed by atoms with E-state index in [4.69, 9.17) is 0 Å². The third-order valence-corrected chi connectivity index (χ3v) is 7.67. The molecule has 24 heavy (non-hydrogen) atoms. The molecule has 2 aromatic rings. The minimum Gasteiger partial charge on any atom is -0.0683 e. The number of unbranched alkanes of at least 4 members (excludes halogenated alkanes) is 5. The second-order valence-corrected chi connectivity index (χ2v) is 10.4. The van der Waals surface area contributed by atoms with Crippen molar-refractivity contribution in [3.63, 3.8) is 0 Å². The molecule has 2 aromatic carbocycles. The van der Waals surface area contributed by atoms with Crippen molar-refractivity contribution in [2.75, 3.05) is 0 Å². The van der Waals surface area contributed by atoms with Crippen LogP contribution in [0.2, 0.25) is 0 Å². The summed E-state index contributed by atoms with van der Waals surface area (Å²) >= 11 is 10.1. The van der Waals surface area contributed by atoms with Crippen molar-refractivity contribution in [3.05, 3.63) is 56.5 Å². The van der Waals surface area contributed by atoms with Crippen LogP contribution in [0.5, 0.6) is 0 Å². The minimum absolute atomic E-state index is 0.0980. The summed E-state index contributed by atoms with van der Waals surface area (Å²) in [7, 11) is 0. The van der Waals surface area contributed by atoms with E-state index in [1.807, 2.05) is 0 Å². The minimum atomic E-state index is 0.0980. The van der Waals surface area contributed by atoms with Crippen LogP contribution in [0.1, 0.15) is 63.0 Å². The highest BCUT2D eigenvalue weighted by atomic mass is 127. The molecular formula is C21H23Br2I. The molecule has 0 bridgehead atoms. The maximum absolute atomic E-state index is 3.67. The van der Waals surface area contributed by atoms with Gasteiger partial charge in [-0.15, -0.1) is 0 Å². The molecule has 1 aliphatic carbocycles. The Labute approximate surface area is 176 Å². The van der Waals surface area contributed by atoms with E-state index in [0.717, 1.165) is 0 Å². The molecule has 128 valence electrons. The molecule has 0 amide bonds. The van der Waals surface area contributed by atoms with Crippen molar-refractivity contribution in [1.82, 2.24) is 0 Å². The Morgan fingerprint density at radius 2 is 1.29 bits per heavy atom. The van der Waals surface area contributed by atoms with Gasteiger partial charge in [0.05, 0.1) is 3.42 Å². The van der Waals surface area contributed by atoms with E-state index >= 15 is 0 Å². The van der Waals surface area contributed by atoms with Crippen molar-refractivity contribution in [2.45, 2.75) is 55.3 Å². The van der Waals surface area contributed by atoms with Crippen LogP contribution in [0.4, 0.5) is 0 Å². The topological polar surface area (TPSA) is 0 Å². The number of hydrogen-bond acceptors (Lipinski definition) is 0. The van der Waals surface area contributed by atoms with Gasteiger partial charge in [-0.05, 0) is 52.9 Å². The van der Waals surface area contributed by atoms with E-state index in [-0.39, 0.29) is 3.42 Å². The maximum atomic E-state index is 3.67. The fourth-order valence-electron chi connectivity index (χ4n) is 3.72. The van der Waals surface area contributed by atoms with Crippen LogP contribution < -0.4 is 0 Å². The molecular weight excluding hydrogens is 539 g/mol. The molecule has 0 spiro atoms. The molecule has 0 unspecified atom stereocenters. The zero-order chi connectivity index (χ0) is 17.2. The van der Waals surface area contributed by atoms with Gasteiger partial charge in [0.2, 0.25) is 0 Å². The molecule has 0 N–H and O–H groups in total. The second-order valence-electron chi connectivity index (χ2n) is 6.70. The van der Waals surface area contributed by atoms with E-state index in [1.165, 1.54) is 76.1 Å². The fraction of sp³-hybridized carbons (Fsp3) is 0.429. The SMILES string of the molecule is CCCCCCCCC1(I)c2cc(Br)ccc2-c2ccc(Br)cc21. The maximum Gasteiger partial charge on any atom is 0.0731 e. The molecule has 1 aliphatic rings. The molecule has 3 heteroatoms. The molecule has 3 rings (SSSR count). The average Bonchev–Trinajstić information content (AvgIpc) is 2.80. The molecule has 0 radical (unpaired) electrons. The Bertz CT molecular complexity index is 672. The van der Waals surface area contributed by atoms with Crippen molar-refractivity contribution >= 4 is 54.5 Å². The third kappa shape index (κ3) is 3.78. The van der Waals surface area contributed by atoms with Crippen molar-refractivity contribution in [3.8, 4) is 11.1 Å². The Kier molecular flexibility index (Phi) is 6.47. The van der Waals surface area contributed by atoms with Crippen LogP contribution in [0.25, 0.3) is 11.1 Å². The average molecular weight is 562 g/mol. The lowest BCUT2D eigenvalue weighted by atomic mass is 9.91. The van der Waals surface area contributed by atoms with Crippen LogP contribution in [-0.4, -0.2) is 0 Å². The highest BCUT2D eigenvalue weighted by Crippen LogP contribution is 2.56. The Balaban J connectivity index is 1.86. The lowest BCUT2D eigenvalue weighted by Gasteiger charge is -2.26. The standard InChI is InChI=1S/C21H23Br2I/c1-2-3-4-5-6-7-12-21(24)19-13-15(22)8-10-17(19)18-11-9-16(23)14-20(18)21/h8-11,13-14H,2-7,12H2,1H3. The largest absolute Gasteiger partial charge is 0.0731 e. The van der Waals surface area contributed by atoms with E-state index < -0.39 is 0 Å². The van der Waals surface area contributed by atoms with Crippen molar-refractivity contribution in [1.29, 1.82) is 0 Å². The molecule has 0 saturated carbocycles. The monoisotopic (exact) mass is 560 g/mol. The fourth-order valence-corrected chi connectivity index (χ4v) is 5.72. The van der Waals surface area contributed by atoms with Gasteiger partial charge in [0.15, 0.2) is 0 Å². The van der Waals surface area contributed by atoms with Crippen LogP contribution >= 0.6 is 54.5 Å². The van der Waals surface area contributed by atoms with Gasteiger partial charge in [0, 0.05) is 8.95 Å². The zero-order valence-electron chi connectivity index (χ0n) is 14.0. The highest BCUT2D eigenvalue weighted by Gasteiger charge is 2.40. The van der Waals surface area contributed by atoms with E-state index in [2.05, 4.69) is 97.8 Å². The Morgan fingerprint density at radius 3 is 1.83 bits per heavy atom. The van der Waals surface area contributed by atoms with Crippen LogP contribution in [0, 0.1) is 0 Å². The highest BCUT2D eigenvalue weighted by molar-refractivity contribution is 14.1. The van der Waals surface area contributed by atoms with Gasteiger partial charge in [-0.1, -0.05) is 112 Å². The quantitative estimate of drug-likeness (QED) is 0.180. The van der Waals surface area contributed by atoms with Crippen LogP contribution in [0.3, 0.4) is 0 Å². The smallest absolute Gasteiger partial charge is 0.0683 e. The summed E-state index contributed by atoms with van der Waals surface area (Å²) in [6.45, 7) is 2.28. The predicted molar refractivity (Wildman–Crippen MR) is 120 cm³/mol. The van der Waals surface area contributed by atoms with E-state index in [1.54, 1.807) is 0 Å². The van der Waals surface area contributed by atoms with E-state index in [9.17, 15) is 0 Å². The van der Waals surface area contributed by atoms with Gasteiger partial charge in [0.1, 0.15) is 0 Å². The first kappa shape index (κ1) is 18.9. The van der Waals surface area contributed by atoms with Gasteiger partial charge in [-0.3, -0.25) is 0 Å². The van der Waals surface area contributed by atoms with Crippen LogP contribution in [0.15, 0.2) is 45.3 Å². The van der Waals surface area contributed by atoms with Gasteiger partial charge < -0.3 is 0 Å². The van der Waals surface area contributed by atoms with Crippen molar-refractivity contribution < 1.29 is 0 Å². The Hall–Kier alpha value is 0.130. The molecule has 0 aliphatic heterocycles. The summed E-state index contributed by atoms with van der Waals surface area (Å²) < 4.78 is 2.45. The first-order valence-electron chi connectivity index (χ1n) is 8.85. The number of alkyl halides is 1. The van der Waals surface area contributed by atoms with E-state index in [0.29, 0.717) is 0 Å².